The van der Waals surface area contributed by atoms with Gasteiger partial charge in [-0.25, -0.2) is 0 Å². The maximum absolute atomic E-state index is 12.8. The minimum absolute atomic E-state index is 0.105. The third-order valence-corrected chi connectivity index (χ3v) is 5.16. The van der Waals surface area contributed by atoms with E-state index in [2.05, 4.69) is 5.32 Å². The fourth-order valence-electron chi connectivity index (χ4n) is 3.52. The second-order valence-electron chi connectivity index (χ2n) is 6.99. The van der Waals surface area contributed by atoms with Gasteiger partial charge in [0.15, 0.2) is 0 Å². The second kappa shape index (κ2) is 8.86. The van der Waals surface area contributed by atoms with Crippen LogP contribution < -0.4 is 19.5 Å². The molecule has 154 valence electrons. The summed E-state index contributed by atoms with van der Waals surface area (Å²) in [4.78, 5) is 24.2. The monoisotopic (exact) mass is 399 g/mol. The lowest BCUT2D eigenvalue weighted by molar-refractivity contribution is -0.137. The predicted molar refractivity (Wildman–Crippen MR) is 107 cm³/mol. The number of aliphatic carboxylic acids is 1. The lowest BCUT2D eigenvalue weighted by Crippen LogP contribution is -2.32. The number of hydrogen-bond donors (Lipinski definition) is 2. The quantitative estimate of drug-likeness (QED) is 0.673. The molecule has 2 aromatic carbocycles. The van der Waals surface area contributed by atoms with E-state index in [9.17, 15) is 14.7 Å². The second-order valence-corrected chi connectivity index (χ2v) is 6.99. The van der Waals surface area contributed by atoms with Crippen LogP contribution in [0.3, 0.4) is 0 Å². The minimum Gasteiger partial charge on any atom is -0.497 e. The van der Waals surface area contributed by atoms with E-state index >= 15 is 0 Å². The van der Waals surface area contributed by atoms with E-state index in [-0.39, 0.29) is 24.2 Å². The van der Waals surface area contributed by atoms with Crippen LogP contribution in [0.4, 0.5) is 0 Å². The van der Waals surface area contributed by atoms with Crippen LogP contribution in [0.2, 0.25) is 0 Å². The Hall–Kier alpha value is -3.22. The first-order chi connectivity index (χ1) is 14.0. The maximum Gasteiger partial charge on any atom is 0.305 e. The molecule has 1 saturated carbocycles. The lowest BCUT2D eigenvalue weighted by Gasteiger charge is -2.20. The third-order valence-electron chi connectivity index (χ3n) is 5.16. The van der Waals surface area contributed by atoms with E-state index in [4.69, 9.17) is 14.2 Å². The van der Waals surface area contributed by atoms with Gasteiger partial charge in [-0.05, 0) is 42.2 Å². The highest BCUT2D eigenvalue weighted by atomic mass is 16.5. The average molecular weight is 399 g/mol. The van der Waals surface area contributed by atoms with Crippen molar-refractivity contribution in [2.24, 2.45) is 5.92 Å². The smallest absolute Gasteiger partial charge is 0.305 e. The van der Waals surface area contributed by atoms with Crippen LogP contribution in [-0.4, -0.2) is 38.3 Å². The summed E-state index contributed by atoms with van der Waals surface area (Å²) in [5.74, 6) is 0.550. The third kappa shape index (κ3) is 4.80. The zero-order valence-corrected chi connectivity index (χ0v) is 16.7. The number of carboxylic acids is 1. The fraction of sp³-hybridized carbons (Fsp3) is 0.364. The number of carbonyl (C=O) groups excluding carboxylic acids is 1. The van der Waals surface area contributed by atoms with Crippen LogP contribution in [0, 0.1) is 5.92 Å². The number of nitrogens with one attached hydrogen (secondary N) is 1. The summed E-state index contributed by atoms with van der Waals surface area (Å²) in [6, 6.07) is 12.1. The molecule has 0 radical (unpaired) electrons. The van der Waals surface area contributed by atoms with Gasteiger partial charge in [-0.3, -0.25) is 9.59 Å². The first-order valence-corrected chi connectivity index (χ1v) is 9.34. The van der Waals surface area contributed by atoms with Gasteiger partial charge >= 0.3 is 5.97 Å². The van der Waals surface area contributed by atoms with E-state index in [1.807, 2.05) is 24.3 Å². The van der Waals surface area contributed by atoms with Crippen molar-refractivity contribution in [2.75, 3.05) is 21.3 Å². The molecular formula is C22H25NO6. The number of carbonyl (C=O) groups is 2. The highest BCUT2D eigenvalue weighted by Gasteiger charge is 2.44. The van der Waals surface area contributed by atoms with E-state index in [1.54, 1.807) is 25.3 Å². The van der Waals surface area contributed by atoms with Crippen LogP contribution in [0.25, 0.3) is 0 Å². The molecule has 2 N–H and O–H groups in total. The van der Waals surface area contributed by atoms with Gasteiger partial charge in [0.25, 0.3) is 0 Å². The Morgan fingerprint density at radius 3 is 2.45 bits per heavy atom. The molecule has 3 rings (SSSR count). The predicted octanol–water partition coefficient (Wildman–Crippen LogP) is 3.15. The summed E-state index contributed by atoms with van der Waals surface area (Å²) in [6.45, 7) is 0. The number of hydrogen-bond acceptors (Lipinski definition) is 5. The number of methoxy groups -OCH3 is 3. The molecule has 0 bridgehead atoms. The fourth-order valence-corrected chi connectivity index (χ4v) is 3.52. The van der Waals surface area contributed by atoms with Crippen molar-refractivity contribution in [3.63, 3.8) is 0 Å². The van der Waals surface area contributed by atoms with Crippen molar-refractivity contribution in [1.29, 1.82) is 0 Å². The first kappa shape index (κ1) is 20.5. The van der Waals surface area contributed by atoms with Crippen LogP contribution in [0.1, 0.15) is 35.9 Å². The molecule has 1 aliphatic carbocycles. The maximum atomic E-state index is 12.8. The zero-order chi connectivity index (χ0) is 21.0. The van der Waals surface area contributed by atoms with Crippen molar-refractivity contribution in [2.45, 2.75) is 24.8 Å². The summed E-state index contributed by atoms with van der Waals surface area (Å²) in [6.07, 6.45) is 0.476. The van der Waals surface area contributed by atoms with Crippen LogP contribution in [-0.2, 0) is 9.59 Å². The number of ether oxygens (including phenoxy) is 3. The molecule has 0 aromatic heterocycles. The Morgan fingerprint density at radius 2 is 1.79 bits per heavy atom. The Balaban J connectivity index is 1.76. The van der Waals surface area contributed by atoms with Crippen molar-refractivity contribution < 1.29 is 28.9 Å². The molecule has 1 fully saturated rings. The Morgan fingerprint density at radius 1 is 1.07 bits per heavy atom. The van der Waals surface area contributed by atoms with Gasteiger partial charge < -0.3 is 24.6 Å². The topological polar surface area (TPSA) is 94.1 Å². The molecule has 0 heterocycles. The van der Waals surface area contributed by atoms with Gasteiger partial charge in [-0.2, -0.15) is 0 Å². The number of rotatable bonds is 9. The van der Waals surface area contributed by atoms with Gasteiger partial charge in [0.1, 0.15) is 17.2 Å². The molecule has 1 aliphatic rings. The van der Waals surface area contributed by atoms with Crippen molar-refractivity contribution in [1.82, 2.24) is 5.32 Å². The molecule has 7 nitrogen and oxygen atoms in total. The summed E-state index contributed by atoms with van der Waals surface area (Å²) in [5.41, 5.74) is 1.64. The normalized spacial score (nSPS) is 18.4. The number of amides is 1. The molecule has 0 spiro atoms. The van der Waals surface area contributed by atoms with E-state index in [1.165, 1.54) is 14.2 Å². The van der Waals surface area contributed by atoms with Crippen LogP contribution in [0.5, 0.6) is 17.2 Å². The highest BCUT2D eigenvalue weighted by Crippen LogP contribution is 2.48. The minimum atomic E-state index is -1.01. The Labute approximate surface area is 169 Å². The highest BCUT2D eigenvalue weighted by molar-refractivity contribution is 5.84. The van der Waals surface area contributed by atoms with E-state index in [0.717, 1.165) is 17.7 Å². The summed E-state index contributed by atoms with van der Waals surface area (Å²) in [7, 11) is 4.64. The van der Waals surface area contributed by atoms with Crippen LogP contribution in [0.15, 0.2) is 42.5 Å². The molecule has 2 aromatic rings. The summed E-state index contributed by atoms with van der Waals surface area (Å²) >= 11 is 0. The van der Waals surface area contributed by atoms with Gasteiger partial charge in [0.2, 0.25) is 5.91 Å². The van der Waals surface area contributed by atoms with Crippen molar-refractivity contribution in [3.05, 3.63) is 53.6 Å². The molecule has 3 unspecified atom stereocenters. The number of benzene rings is 2. The van der Waals surface area contributed by atoms with Gasteiger partial charge in [-0.1, -0.05) is 12.1 Å². The molecule has 7 heteroatoms. The van der Waals surface area contributed by atoms with Crippen molar-refractivity contribution >= 4 is 11.9 Å². The van der Waals surface area contributed by atoms with E-state index < -0.39 is 12.0 Å². The largest absolute Gasteiger partial charge is 0.497 e. The van der Waals surface area contributed by atoms with Gasteiger partial charge in [-0.15, -0.1) is 0 Å². The molecule has 0 saturated heterocycles. The first-order valence-electron chi connectivity index (χ1n) is 9.34. The molecule has 29 heavy (non-hydrogen) atoms. The molecular weight excluding hydrogens is 374 g/mol. The number of carboxylic acid groups (broad SMARTS) is 1. The molecule has 1 amide bonds. The SMILES string of the molecule is COc1cccc(C2CC2C(=O)NC(CC(=O)O)c2ccc(OC)cc2OC)c1. The lowest BCUT2D eigenvalue weighted by atomic mass is 10.0. The Kier molecular flexibility index (Phi) is 6.26. The standard InChI is InChI=1S/C22H25NO6/c1-27-14-6-4-5-13(9-14)17-11-18(17)22(26)23-19(12-21(24)25)16-8-7-15(28-2)10-20(16)29-3/h4-10,17-19H,11-12H2,1-3H3,(H,23,26)(H,24,25). The molecule has 0 aliphatic heterocycles. The average Bonchev–Trinajstić information content (AvgIpc) is 3.53. The van der Waals surface area contributed by atoms with Crippen LogP contribution >= 0.6 is 0 Å². The van der Waals surface area contributed by atoms with E-state index in [0.29, 0.717) is 17.1 Å². The van der Waals surface area contributed by atoms with Gasteiger partial charge in [0, 0.05) is 17.5 Å². The van der Waals surface area contributed by atoms with Gasteiger partial charge in [0.05, 0.1) is 33.8 Å². The summed E-state index contributed by atoms with van der Waals surface area (Å²) < 4.78 is 15.8. The Bertz CT molecular complexity index is 897. The zero-order valence-electron chi connectivity index (χ0n) is 16.7. The van der Waals surface area contributed by atoms with Crippen molar-refractivity contribution in [3.8, 4) is 17.2 Å². The molecule has 3 atom stereocenters. The summed E-state index contributed by atoms with van der Waals surface area (Å²) in [5, 5.41) is 12.2.